The molecule has 0 aliphatic heterocycles. The number of alkyl halides is 1. The van der Waals surface area contributed by atoms with E-state index in [2.05, 4.69) is 33.0 Å². The smallest absolute Gasteiger partial charge is 0.220 e. The van der Waals surface area contributed by atoms with E-state index in [1.165, 1.54) is 0 Å². The van der Waals surface area contributed by atoms with Crippen LogP contribution in [0, 0.1) is 11.3 Å². The molecule has 1 N–H and O–H groups in total. The number of nitrogens with one attached hydrogen (secondary N) is 1. The molecule has 1 unspecified atom stereocenters. The first-order valence-electron chi connectivity index (χ1n) is 5.68. The number of halogens is 1. The maximum absolute atomic E-state index is 11.5. The molecule has 2 nitrogen and oxygen atoms in total. The van der Waals surface area contributed by atoms with Gasteiger partial charge in [0, 0.05) is 18.8 Å². The molecule has 0 saturated carbocycles. The summed E-state index contributed by atoms with van der Waals surface area (Å²) in [5, 5.41) is 2.88. The number of amides is 1. The minimum absolute atomic E-state index is 0.150. The first-order chi connectivity index (χ1) is 6.85. The first kappa shape index (κ1) is 14.8. The zero-order valence-corrected chi connectivity index (χ0v) is 11.2. The van der Waals surface area contributed by atoms with E-state index < -0.39 is 0 Å². The van der Waals surface area contributed by atoms with Gasteiger partial charge in [0.05, 0.1) is 0 Å². The molecule has 0 aromatic heterocycles. The number of hydrogen-bond donors (Lipinski definition) is 1. The molecule has 0 spiro atoms. The van der Waals surface area contributed by atoms with Crippen LogP contribution in [-0.4, -0.2) is 18.3 Å². The van der Waals surface area contributed by atoms with Gasteiger partial charge in [-0.2, -0.15) is 0 Å². The van der Waals surface area contributed by atoms with E-state index in [1.54, 1.807) is 0 Å². The summed E-state index contributed by atoms with van der Waals surface area (Å²) in [6, 6.07) is 0. The fraction of sp³-hybridized carbons (Fsp3) is 0.917. The third-order valence-electron chi connectivity index (χ3n) is 2.13. The third-order valence-corrected chi connectivity index (χ3v) is 2.39. The molecular formula is C12H24ClNO. The molecular weight excluding hydrogens is 210 g/mol. The Balaban J connectivity index is 3.67. The van der Waals surface area contributed by atoms with Crippen molar-refractivity contribution in [2.45, 2.75) is 47.0 Å². The molecule has 3 heteroatoms. The van der Waals surface area contributed by atoms with E-state index in [4.69, 9.17) is 11.6 Å². The van der Waals surface area contributed by atoms with Crippen molar-refractivity contribution in [3.05, 3.63) is 0 Å². The zero-order chi connectivity index (χ0) is 11.9. The van der Waals surface area contributed by atoms with Crippen molar-refractivity contribution in [2.24, 2.45) is 11.3 Å². The minimum atomic E-state index is 0.150. The molecule has 0 aliphatic rings. The quantitative estimate of drug-likeness (QED) is 0.554. The van der Waals surface area contributed by atoms with Crippen molar-refractivity contribution in [1.29, 1.82) is 0 Å². The Morgan fingerprint density at radius 1 is 1.40 bits per heavy atom. The third kappa shape index (κ3) is 10.1. The maximum atomic E-state index is 11.5. The normalized spacial score (nSPS) is 13.7. The van der Waals surface area contributed by atoms with E-state index >= 15 is 0 Å². The molecule has 0 saturated heterocycles. The molecule has 1 atom stereocenters. The van der Waals surface area contributed by atoms with Gasteiger partial charge in [-0.15, -0.1) is 11.6 Å². The van der Waals surface area contributed by atoms with Crippen molar-refractivity contribution in [3.8, 4) is 0 Å². The summed E-state index contributed by atoms with van der Waals surface area (Å²) in [5.74, 6) is 1.20. The zero-order valence-electron chi connectivity index (χ0n) is 10.4. The number of rotatable bonds is 6. The van der Waals surface area contributed by atoms with Crippen LogP contribution in [0.1, 0.15) is 47.0 Å². The summed E-state index contributed by atoms with van der Waals surface area (Å²) >= 11 is 5.53. The van der Waals surface area contributed by atoms with E-state index in [1.807, 2.05) is 0 Å². The standard InChI is InChI=1S/C12H24ClNO/c1-10(9-12(2,3)4)8-11(15)14-7-5-6-13/h10H,5-9H2,1-4H3,(H,14,15). The van der Waals surface area contributed by atoms with Crippen molar-refractivity contribution < 1.29 is 4.79 Å². The van der Waals surface area contributed by atoms with Crippen molar-refractivity contribution in [2.75, 3.05) is 12.4 Å². The Hall–Kier alpha value is -0.240. The summed E-state index contributed by atoms with van der Waals surface area (Å²) in [4.78, 5) is 11.5. The van der Waals surface area contributed by atoms with Gasteiger partial charge in [-0.1, -0.05) is 27.7 Å². The Morgan fingerprint density at radius 2 is 2.00 bits per heavy atom. The summed E-state index contributed by atoms with van der Waals surface area (Å²) in [5.41, 5.74) is 0.301. The van der Waals surface area contributed by atoms with Gasteiger partial charge in [-0.05, 0) is 24.2 Å². The van der Waals surface area contributed by atoms with Crippen LogP contribution in [-0.2, 0) is 4.79 Å². The highest BCUT2D eigenvalue weighted by molar-refractivity contribution is 6.17. The van der Waals surface area contributed by atoms with Gasteiger partial charge in [-0.3, -0.25) is 4.79 Å². The van der Waals surface area contributed by atoms with Crippen LogP contribution in [0.5, 0.6) is 0 Å². The van der Waals surface area contributed by atoms with Crippen molar-refractivity contribution in [3.63, 3.8) is 0 Å². The second-order valence-electron chi connectivity index (χ2n) is 5.47. The Kier molecular flexibility index (Phi) is 6.99. The van der Waals surface area contributed by atoms with Crippen LogP contribution in [0.3, 0.4) is 0 Å². The molecule has 0 bridgehead atoms. The Morgan fingerprint density at radius 3 is 2.47 bits per heavy atom. The summed E-state index contributed by atoms with van der Waals surface area (Å²) < 4.78 is 0. The van der Waals surface area contributed by atoms with Crippen LogP contribution >= 0.6 is 11.6 Å². The second kappa shape index (κ2) is 7.10. The fourth-order valence-electron chi connectivity index (χ4n) is 1.80. The highest BCUT2D eigenvalue weighted by Gasteiger charge is 2.17. The number of hydrogen-bond acceptors (Lipinski definition) is 1. The van der Waals surface area contributed by atoms with Gasteiger partial charge in [0.15, 0.2) is 0 Å². The van der Waals surface area contributed by atoms with Crippen LogP contribution in [0.2, 0.25) is 0 Å². The SMILES string of the molecule is CC(CC(=O)NCCCCl)CC(C)(C)C. The molecule has 0 aliphatic carbocycles. The Bertz CT molecular complexity index is 187. The summed E-state index contributed by atoms with van der Waals surface area (Å²) in [6.07, 6.45) is 2.55. The van der Waals surface area contributed by atoms with Gasteiger partial charge < -0.3 is 5.32 Å². The van der Waals surface area contributed by atoms with Crippen LogP contribution in [0.4, 0.5) is 0 Å². The number of carbonyl (C=O) groups excluding carboxylic acids is 1. The lowest BCUT2D eigenvalue weighted by molar-refractivity contribution is -0.122. The molecule has 1 amide bonds. The molecule has 0 aromatic carbocycles. The van der Waals surface area contributed by atoms with E-state index in [0.717, 1.165) is 12.8 Å². The average molecular weight is 234 g/mol. The van der Waals surface area contributed by atoms with Crippen molar-refractivity contribution in [1.82, 2.24) is 5.32 Å². The lowest BCUT2D eigenvalue weighted by atomic mass is 9.84. The van der Waals surface area contributed by atoms with Gasteiger partial charge >= 0.3 is 0 Å². The van der Waals surface area contributed by atoms with Gasteiger partial charge in [0.25, 0.3) is 0 Å². The maximum Gasteiger partial charge on any atom is 0.220 e. The minimum Gasteiger partial charge on any atom is -0.356 e. The van der Waals surface area contributed by atoms with Crippen LogP contribution in [0.15, 0.2) is 0 Å². The molecule has 0 rings (SSSR count). The molecule has 0 aromatic rings. The van der Waals surface area contributed by atoms with E-state index in [0.29, 0.717) is 30.2 Å². The predicted octanol–water partition coefficient (Wildman–Crippen LogP) is 3.19. The van der Waals surface area contributed by atoms with E-state index in [9.17, 15) is 4.79 Å². The van der Waals surface area contributed by atoms with Crippen molar-refractivity contribution >= 4 is 17.5 Å². The van der Waals surface area contributed by atoms with E-state index in [-0.39, 0.29) is 5.91 Å². The van der Waals surface area contributed by atoms with Gasteiger partial charge in [0.1, 0.15) is 0 Å². The average Bonchev–Trinajstić information content (AvgIpc) is 2.00. The lowest BCUT2D eigenvalue weighted by Crippen LogP contribution is -2.27. The van der Waals surface area contributed by atoms with Gasteiger partial charge in [-0.25, -0.2) is 0 Å². The highest BCUT2D eigenvalue weighted by atomic mass is 35.5. The molecule has 15 heavy (non-hydrogen) atoms. The predicted molar refractivity (Wildman–Crippen MR) is 66.2 cm³/mol. The molecule has 90 valence electrons. The Labute approximate surface area is 98.8 Å². The van der Waals surface area contributed by atoms with Gasteiger partial charge in [0.2, 0.25) is 5.91 Å². The number of carbonyl (C=O) groups is 1. The van der Waals surface area contributed by atoms with Crippen LogP contribution in [0.25, 0.3) is 0 Å². The summed E-state index contributed by atoms with van der Waals surface area (Å²) in [7, 11) is 0. The second-order valence-corrected chi connectivity index (χ2v) is 5.84. The highest BCUT2D eigenvalue weighted by Crippen LogP contribution is 2.25. The molecule has 0 radical (unpaired) electrons. The largest absolute Gasteiger partial charge is 0.356 e. The lowest BCUT2D eigenvalue weighted by Gasteiger charge is -2.22. The fourth-order valence-corrected chi connectivity index (χ4v) is 1.93. The molecule has 0 fully saturated rings. The molecule has 0 heterocycles. The first-order valence-corrected chi connectivity index (χ1v) is 6.21. The summed E-state index contributed by atoms with van der Waals surface area (Å²) in [6.45, 7) is 9.44. The van der Waals surface area contributed by atoms with Crippen LogP contribution < -0.4 is 5.32 Å². The topological polar surface area (TPSA) is 29.1 Å². The monoisotopic (exact) mass is 233 g/mol.